The first-order valence-electron chi connectivity index (χ1n) is 3.85. The Hall–Kier alpha value is -1.11. The molecule has 0 heterocycles. The zero-order valence-corrected chi connectivity index (χ0v) is 6.72. The van der Waals surface area contributed by atoms with E-state index in [1.54, 1.807) is 6.92 Å². The fourth-order valence-electron chi connectivity index (χ4n) is 1.44. The van der Waals surface area contributed by atoms with Gasteiger partial charge in [0.25, 0.3) is 0 Å². The Labute approximate surface area is 66.0 Å². The van der Waals surface area contributed by atoms with Gasteiger partial charge in [-0.1, -0.05) is 19.1 Å². The number of carbonyl (C=O) groups is 1. The molecule has 0 N–H and O–H groups in total. The standard InChI is InChI=1S/C10H10O/c1-6-9-4-3-8(7(2)11)5-10(6)9/h3-6H,1-2H3/t6-/m0/s1. The van der Waals surface area contributed by atoms with Crippen LogP contribution < -0.4 is 0 Å². The lowest BCUT2D eigenvalue weighted by Gasteiger charge is -1.89. The van der Waals surface area contributed by atoms with E-state index < -0.39 is 0 Å². The van der Waals surface area contributed by atoms with Crippen molar-refractivity contribution in [2.45, 2.75) is 19.8 Å². The summed E-state index contributed by atoms with van der Waals surface area (Å²) in [7, 11) is 0. The second-order valence-corrected chi connectivity index (χ2v) is 3.12. The van der Waals surface area contributed by atoms with Crippen LogP contribution in [0, 0.1) is 0 Å². The highest BCUT2D eigenvalue weighted by molar-refractivity contribution is 5.94. The van der Waals surface area contributed by atoms with Gasteiger partial charge in [0.05, 0.1) is 0 Å². The molecular formula is C10H10O. The maximum Gasteiger partial charge on any atom is 0.159 e. The predicted molar refractivity (Wildman–Crippen MR) is 44.0 cm³/mol. The van der Waals surface area contributed by atoms with Crippen LogP contribution in [0.25, 0.3) is 0 Å². The number of carbonyl (C=O) groups excluding carboxylic acids is 1. The van der Waals surface area contributed by atoms with E-state index in [1.165, 1.54) is 11.1 Å². The minimum atomic E-state index is 0.159. The smallest absolute Gasteiger partial charge is 0.159 e. The average molecular weight is 146 g/mol. The summed E-state index contributed by atoms with van der Waals surface area (Å²) < 4.78 is 0. The molecule has 1 atom stereocenters. The highest BCUT2D eigenvalue weighted by atomic mass is 16.1. The Balaban J connectivity index is 2.44. The normalized spacial score (nSPS) is 19.3. The summed E-state index contributed by atoms with van der Waals surface area (Å²) in [5.41, 5.74) is 3.58. The van der Waals surface area contributed by atoms with E-state index in [4.69, 9.17) is 0 Å². The van der Waals surface area contributed by atoms with Crippen molar-refractivity contribution in [1.29, 1.82) is 0 Å². The summed E-state index contributed by atoms with van der Waals surface area (Å²) in [6.07, 6.45) is 0. The molecule has 56 valence electrons. The lowest BCUT2D eigenvalue weighted by molar-refractivity contribution is 0.101. The predicted octanol–water partition coefficient (Wildman–Crippen LogP) is 2.35. The van der Waals surface area contributed by atoms with Crippen molar-refractivity contribution in [2.24, 2.45) is 0 Å². The average Bonchev–Trinajstić information content (AvgIpc) is 2.62. The Morgan fingerprint density at radius 1 is 1.36 bits per heavy atom. The molecule has 0 radical (unpaired) electrons. The van der Waals surface area contributed by atoms with Gasteiger partial charge in [-0.25, -0.2) is 0 Å². The zero-order chi connectivity index (χ0) is 8.01. The first kappa shape index (κ1) is 6.59. The fraction of sp³-hybridized carbons (Fsp3) is 0.300. The molecule has 0 spiro atoms. The van der Waals surface area contributed by atoms with Crippen LogP contribution in [0.2, 0.25) is 0 Å². The number of ketones is 1. The van der Waals surface area contributed by atoms with Crippen LogP contribution in [0.3, 0.4) is 0 Å². The molecule has 0 aliphatic heterocycles. The first-order chi connectivity index (χ1) is 5.20. The molecule has 0 saturated heterocycles. The summed E-state index contributed by atoms with van der Waals surface area (Å²) >= 11 is 0. The lowest BCUT2D eigenvalue weighted by Crippen LogP contribution is -1.88. The second-order valence-electron chi connectivity index (χ2n) is 3.12. The van der Waals surface area contributed by atoms with Gasteiger partial charge in [0.2, 0.25) is 0 Å². The molecule has 1 aliphatic carbocycles. The van der Waals surface area contributed by atoms with Crippen LogP contribution in [0.1, 0.15) is 41.3 Å². The fourth-order valence-corrected chi connectivity index (χ4v) is 1.44. The number of Topliss-reactive ketones (excluding diaryl/α,β-unsaturated/α-hetero) is 1. The number of rotatable bonds is 1. The van der Waals surface area contributed by atoms with Crippen molar-refractivity contribution in [3.63, 3.8) is 0 Å². The lowest BCUT2D eigenvalue weighted by atomic mass is 10.2. The Kier molecular flexibility index (Phi) is 1.16. The Morgan fingerprint density at radius 2 is 2.09 bits per heavy atom. The minimum Gasteiger partial charge on any atom is -0.295 e. The van der Waals surface area contributed by atoms with Gasteiger partial charge in [0, 0.05) is 11.5 Å². The largest absolute Gasteiger partial charge is 0.295 e. The SMILES string of the molecule is CC(=O)c1ccc2c(c1)[C@H]2C. The van der Waals surface area contributed by atoms with Crippen LogP contribution in [-0.4, -0.2) is 5.78 Å². The second kappa shape index (κ2) is 1.94. The highest BCUT2D eigenvalue weighted by Gasteiger charge is 2.27. The quantitative estimate of drug-likeness (QED) is 0.556. The minimum absolute atomic E-state index is 0.159. The Morgan fingerprint density at radius 3 is 2.64 bits per heavy atom. The van der Waals surface area contributed by atoms with Gasteiger partial charge < -0.3 is 0 Å². The van der Waals surface area contributed by atoms with Gasteiger partial charge >= 0.3 is 0 Å². The van der Waals surface area contributed by atoms with Gasteiger partial charge in [0.15, 0.2) is 5.78 Å². The van der Waals surface area contributed by atoms with Gasteiger partial charge in [-0.3, -0.25) is 4.79 Å². The van der Waals surface area contributed by atoms with Gasteiger partial charge in [-0.2, -0.15) is 0 Å². The molecule has 11 heavy (non-hydrogen) atoms. The molecule has 1 aromatic carbocycles. The first-order valence-corrected chi connectivity index (χ1v) is 3.85. The molecule has 2 rings (SSSR count). The molecule has 1 aromatic rings. The number of fused-ring (bicyclic) bond motifs is 1. The monoisotopic (exact) mass is 146 g/mol. The zero-order valence-electron chi connectivity index (χ0n) is 6.72. The molecule has 0 aromatic heterocycles. The summed E-state index contributed by atoms with van der Waals surface area (Å²) in [4.78, 5) is 10.9. The number of benzene rings is 1. The van der Waals surface area contributed by atoms with Gasteiger partial charge in [-0.15, -0.1) is 0 Å². The molecule has 0 unspecified atom stereocenters. The van der Waals surface area contributed by atoms with E-state index in [0.717, 1.165) is 5.56 Å². The summed E-state index contributed by atoms with van der Waals surface area (Å²) in [5.74, 6) is 0.759. The Bertz CT molecular complexity index is 326. The molecular weight excluding hydrogens is 136 g/mol. The van der Waals surface area contributed by atoms with Crippen molar-refractivity contribution in [1.82, 2.24) is 0 Å². The van der Waals surface area contributed by atoms with E-state index >= 15 is 0 Å². The summed E-state index contributed by atoms with van der Waals surface area (Å²) in [6, 6.07) is 5.96. The van der Waals surface area contributed by atoms with Crippen LogP contribution in [0.4, 0.5) is 0 Å². The van der Waals surface area contributed by atoms with Crippen LogP contribution in [0.15, 0.2) is 18.2 Å². The van der Waals surface area contributed by atoms with E-state index in [0.29, 0.717) is 5.92 Å². The third kappa shape index (κ3) is 0.881. The van der Waals surface area contributed by atoms with Crippen molar-refractivity contribution >= 4 is 5.78 Å². The van der Waals surface area contributed by atoms with E-state index in [2.05, 4.69) is 13.0 Å². The third-order valence-electron chi connectivity index (χ3n) is 2.34. The molecule has 0 fully saturated rings. The van der Waals surface area contributed by atoms with Crippen molar-refractivity contribution in [2.75, 3.05) is 0 Å². The van der Waals surface area contributed by atoms with Crippen LogP contribution in [0.5, 0.6) is 0 Å². The highest BCUT2D eigenvalue weighted by Crippen LogP contribution is 2.42. The van der Waals surface area contributed by atoms with E-state index in [9.17, 15) is 4.79 Å². The maximum absolute atomic E-state index is 10.9. The van der Waals surface area contributed by atoms with E-state index in [1.807, 2.05) is 12.1 Å². The van der Waals surface area contributed by atoms with Crippen molar-refractivity contribution in [3.8, 4) is 0 Å². The third-order valence-corrected chi connectivity index (χ3v) is 2.34. The van der Waals surface area contributed by atoms with Gasteiger partial charge in [0.1, 0.15) is 0 Å². The molecule has 0 amide bonds. The topological polar surface area (TPSA) is 17.1 Å². The number of hydrogen-bond donors (Lipinski definition) is 0. The maximum atomic E-state index is 10.9. The number of hydrogen-bond acceptors (Lipinski definition) is 1. The molecule has 1 aliphatic rings. The molecule has 1 heteroatoms. The summed E-state index contributed by atoms with van der Waals surface area (Å²) in [6.45, 7) is 3.77. The van der Waals surface area contributed by atoms with Crippen LogP contribution >= 0.6 is 0 Å². The summed E-state index contributed by atoms with van der Waals surface area (Å²) in [5, 5.41) is 0. The van der Waals surface area contributed by atoms with Crippen molar-refractivity contribution in [3.05, 3.63) is 34.9 Å². The molecule has 0 bridgehead atoms. The molecule has 1 nitrogen and oxygen atoms in total. The van der Waals surface area contributed by atoms with Gasteiger partial charge in [-0.05, 0) is 24.1 Å². The van der Waals surface area contributed by atoms with Crippen molar-refractivity contribution < 1.29 is 4.79 Å². The van der Waals surface area contributed by atoms with E-state index in [-0.39, 0.29) is 5.78 Å². The molecule has 0 saturated carbocycles. The van der Waals surface area contributed by atoms with Crippen LogP contribution in [-0.2, 0) is 0 Å².